The summed E-state index contributed by atoms with van der Waals surface area (Å²) in [6.07, 6.45) is 1.65. The van der Waals surface area contributed by atoms with Crippen LogP contribution in [0.1, 0.15) is 15.9 Å². The van der Waals surface area contributed by atoms with Crippen molar-refractivity contribution in [2.75, 3.05) is 14.2 Å². The standard InChI is InChI=1S/C16H15NO4/c1-20-14-7-8-15(21-2)12(9-14)10-17-13-5-3-11(4-6-13)16(18)19/h3-10H,1-2H3,(H,18,19). The smallest absolute Gasteiger partial charge is 0.335 e. The third kappa shape index (κ3) is 3.60. The van der Waals surface area contributed by atoms with E-state index in [0.717, 1.165) is 5.56 Å². The molecule has 0 aliphatic rings. The van der Waals surface area contributed by atoms with Gasteiger partial charge in [0.25, 0.3) is 0 Å². The number of carboxylic acids is 1. The lowest BCUT2D eigenvalue weighted by atomic mass is 10.2. The Hall–Kier alpha value is -2.82. The first-order valence-corrected chi connectivity index (χ1v) is 6.23. The van der Waals surface area contributed by atoms with Gasteiger partial charge in [-0.2, -0.15) is 0 Å². The highest BCUT2D eigenvalue weighted by Crippen LogP contribution is 2.23. The second kappa shape index (κ2) is 6.56. The Bertz CT molecular complexity index is 662. The Morgan fingerprint density at radius 2 is 1.81 bits per heavy atom. The molecule has 108 valence electrons. The first-order chi connectivity index (χ1) is 10.1. The van der Waals surface area contributed by atoms with Crippen molar-refractivity contribution in [2.24, 2.45) is 4.99 Å². The molecule has 2 rings (SSSR count). The molecule has 0 atom stereocenters. The van der Waals surface area contributed by atoms with Crippen molar-refractivity contribution in [1.29, 1.82) is 0 Å². The van der Waals surface area contributed by atoms with Crippen LogP contribution in [-0.2, 0) is 0 Å². The average Bonchev–Trinajstić information content (AvgIpc) is 2.52. The van der Waals surface area contributed by atoms with Crippen molar-refractivity contribution in [2.45, 2.75) is 0 Å². The zero-order valence-corrected chi connectivity index (χ0v) is 11.7. The summed E-state index contributed by atoms with van der Waals surface area (Å²) < 4.78 is 10.4. The molecular weight excluding hydrogens is 270 g/mol. The second-order valence-corrected chi connectivity index (χ2v) is 4.22. The van der Waals surface area contributed by atoms with E-state index in [1.807, 2.05) is 6.07 Å². The Balaban J connectivity index is 2.25. The van der Waals surface area contributed by atoms with E-state index in [4.69, 9.17) is 14.6 Å². The third-order valence-corrected chi connectivity index (χ3v) is 2.90. The molecule has 0 heterocycles. The number of ether oxygens (including phenoxy) is 2. The van der Waals surface area contributed by atoms with Crippen LogP contribution < -0.4 is 9.47 Å². The van der Waals surface area contributed by atoms with Gasteiger partial charge in [-0.1, -0.05) is 0 Å². The summed E-state index contributed by atoms with van der Waals surface area (Å²) >= 11 is 0. The molecule has 0 aliphatic carbocycles. The molecule has 0 radical (unpaired) electrons. The SMILES string of the molecule is COc1ccc(OC)c(C=Nc2ccc(C(=O)O)cc2)c1. The zero-order chi connectivity index (χ0) is 15.2. The maximum absolute atomic E-state index is 10.8. The third-order valence-electron chi connectivity index (χ3n) is 2.90. The molecule has 21 heavy (non-hydrogen) atoms. The van der Waals surface area contributed by atoms with Crippen molar-refractivity contribution in [3.63, 3.8) is 0 Å². The van der Waals surface area contributed by atoms with Gasteiger partial charge < -0.3 is 14.6 Å². The van der Waals surface area contributed by atoms with Crippen LogP contribution in [0.3, 0.4) is 0 Å². The maximum Gasteiger partial charge on any atom is 0.335 e. The van der Waals surface area contributed by atoms with Crippen LogP contribution in [0.2, 0.25) is 0 Å². The largest absolute Gasteiger partial charge is 0.497 e. The van der Waals surface area contributed by atoms with Gasteiger partial charge >= 0.3 is 5.97 Å². The molecule has 0 saturated carbocycles. The van der Waals surface area contributed by atoms with Gasteiger partial charge in [-0.25, -0.2) is 4.79 Å². The van der Waals surface area contributed by atoms with E-state index in [1.54, 1.807) is 44.7 Å². The lowest BCUT2D eigenvalue weighted by Gasteiger charge is -2.06. The zero-order valence-electron chi connectivity index (χ0n) is 11.7. The Morgan fingerprint density at radius 1 is 1.10 bits per heavy atom. The number of carbonyl (C=O) groups is 1. The molecule has 5 heteroatoms. The summed E-state index contributed by atoms with van der Waals surface area (Å²) in [6.45, 7) is 0. The van der Waals surface area contributed by atoms with E-state index < -0.39 is 5.97 Å². The molecular formula is C16H15NO4. The lowest BCUT2D eigenvalue weighted by Crippen LogP contribution is -1.94. The Morgan fingerprint density at radius 3 is 2.38 bits per heavy atom. The molecule has 0 fully saturated rings. The number of rotatable bonds is 5. The molecule has 0 amide bonds. The second-order valence-electron chi connectivity index (χ2n) is 4.22. The lowest BCUT2D eigenvalue weighted by molar-refractivity contribution is 0.0697. The van der Waals surface area contributed by atoms with Crippen LogP contribution in [0.15, 0.2) is 47.5 Å². The number of aliphatic imine (C=N–C) groups is 1. The van der Waals surface area contributed by atoms with Crippen molar-refractivity contribution < 1.29 is 19.4 Å². The molecule has 2 aromatic rings. The van der Waals surface area contributed by atoms with Crippen molar-refractivity contribution in [1.82, 2.24) is 0 Å². The average molecular weight is 285 g/mol. The topological polar surface area (TPSA) is 68.1 Å². The predicted octanol–water partition coefficient (Wildman–Crippen LogP) is 3.15. The van der Waals surface area contributed by atoms with Gasteiger partial charge in [0, 0.05) is 11.8 Å². The Labute approximate surface area is 122 Å². The van der Waals surface area contributed by atoms with E-state index in [1.165, 1.54) is 12.1 Å². The fourth-order valence-corrected chi connectivity index (χ4v) is 1.77. The first-order valence-electron chi connectivity index (χ1n) is 6.23. The summed E-state index contributed by atoms with van der Waals surface area (Å²) in [6, 6.07) is 11.7. The molecule has 0 aliphatic heterocycles. The monoisotopic (exact) mass is 285 g/mol. The van der Waals surface area contributed by atoms with Gasteiger partial charge in [0.2, 0.25) is 0 Å². The van der Waals surface area contributed by atoms with Crippen LogP contribution in [0.25, 0.3) is 0 Å². The minimum Gasteiger partial charge on any atom is -0.497 e. The van der Waals surface area contributed by atoms with E-state index in [9.17, 15) is 4.79 Å². The number of hydrogen-bond donors (Lipinski definition) is 1. The number of carboxylic acid groups (broad SMARTS) is 1. The summed E-state index contributed by atoms with van der Waals surface area (Å²) in [4.78, 5) is 15.1. The molecule has 0 spiro atoms. The number of methoxy groups -OCH3 is 2. The molecule has 0 unspecified atom stereocenters. The highest BCUT2D eigenvalue weighted by atomic mass is 16.5. The van der Waals surface area contributed by atoms with Crippen LogP contribution in [0.5, 0.6) is 11.5 Å². The molecule has 1 N–H and O–H groups in total. The van der Waals surface area contributed by atoms with Crippen molar-refractivity contribution in [3.8, 4) is 11.5 Å². The van der Waals surface area contributed by atoms with Crippen molar-refractivity contribution in [3.05, 3.63) is 53.6 Å². The summed E-state index contributed by atoms with van der Waals surface area (Å²) in [5.41, 5.74) is 1.66. The van der Waals surface area contributed by atoms with E-state index in [-0.39, 0.29) is 5.56 Å². The summed E-state index contributed by atoms with van der Waals surface area (Å²) in [5, 5.41) is 8.84. The van der Waals surface area contributed by atoms with Gasteiger partial charge in [0.1, 0.15) is 11.5 Å². The number of hydrogen-bond acceptors (Lipinski definition) is 4. The highest BCUT2D eigenvalue weighted by Gasteiger charge is 2.03. The van der Waals surface area contributed by atoms with E-state index in [0.29, 0.717) is 17.2 Å². The van der Waals surface area contributed by atoms with Gasteiger partial charge in [-0.15, -0.1) is 0 Å². The van der Waals surface area contributed by atoms with Gasteiger partial charge in [0.15, 0.2) is 0 Å². The van der Waals surface area contributed by atoms with Crippen LogP contribution in [-0.4, -0.2) is 31.5 Å². The highest BCUT2D eigenvalue weighted by molar-refractivity contribution is 5.89. The summed E-state index contributed by atoms with van der Waals surface area (Å²) in [5.74, 6) is 0.431. The Kier molecular flexibility index (Phi) is 4.56. The number of benzene rings is 2. The van der Waals surface area contributed by atoms with Crippen molar-refractivity contribution >= 4 is 17.9 Å². The number of nitrogens with zero attached hydrogens (tertiary/aromatic N) is 1. The maximum atomic E-state index is 10.8. The molecule has 2 aromatic carbocycles. The quantitative estimate of drug-likeness (QED) is 0.857. The fraction of sp³-hybridized carbons (Fsp3) is 0.125. The normalized spacial score (nSPS) is 10.6. The van der Waals surface area contributed by atoms with Crippen LogP contribution in [0, 0.1) is 0 Å². The minimum absolute atomic E-state index is 0.230. The van der Waals surface area contributed by atoms with Gasteiger partial charge in [0.05, 0.1) is 25.5 Å². The predicted molar refractivity (Wildman–Crippen MR) is 80.2 cm³/mol. The van der Waals surface area contributed by atoms with Crippen LogP contribution in [0.4, 0.5) is 5.69 Å². The molecule has 0 bridgehead atoms. The van der Waals surface area contributed by atoms with E-state index in [2.05, 4.69) is 4.99 Å². The summed E-state index contributed by atoms with van der Waals surface area (Å²) in [7, 11) is 3.17. The minimum atomic E-state index is -0.958. The molecule has 0 aromatic heterocycles. The van der Waals surface area contributed by atoms with E-state index >= 15 is 0 Å². The molecule has 5 nitrogen and oxygen atoms in total. The van der Waals surface area contributed by atoms with Crippen LogP contribution >= 0.6 is 0 Å². The fourth-order valence-electron chi connectivity index (χ4n) is 1.77. The van der Waals surface area contributed by atoms with Gasteiger partial charge in [-0.3, -0.25) is 4.99 Å². The molecule has 0 saturated heterocycles. The van der Waals surface area contributed by atoms with Gasteiger partial charge in [-0.05, 0) is 42.5 Å². The first kappa shape index (κ1) is 14.6. The number of aromatic carboxylic acids is 1.